The lowest BCUT2D eigenvalue weighted by Gasteiger charge is -2.29. The van der Waals surface area contributed by atoms with Crippen molar-refractivity contribution in [3.63, 3.8) is 0 Å². The van der Waals surface area contributed by atoms with Crippen LogP contribution in [0.5, 0.6) is 0 Å². The number of nitrogens with zero attached hydrogens (tertiary/aromatic N) is 1. The van der Waals surface area contributed by atoms with E-state index in [2.05, 4.69) is 0 Å². The van der Waals surface area contributed by atoms with Gasteiger partial charge < -0.3 is 4.90 Å². The molecule has 0 N–H and O–H groups in total. The highest BCUT2D eigenvalue weighted by atomic mass is 35.5. The number of amides is 1. The maximum absolute atomic E-state index is 13.8. The van der Waals surface area contributed by atoms with Crippen molar-refractivity contribution in [1.29, 1.82) is 0 Å². The number of aryl methyl sites for hydroxylation is 1. The normalized spacial score (nSPS) is 15.0. The van der Waals surface area contributed by atoms with Crippen molar-refractivity contribution in [2.45, 2.75) is 18.6 Å². The number of para-hydroxylation sites is 1. The Morgan fingerprint density at radius 3 is 2.79 bits per heavy atom. The molecule has 1 aliphatic heterocycles. The van der Waals surface area contributed by atoms with Gasteiger partial charge in [-0.15, -0.1) is 0 Å². The summed E-state index contributed by atoms with van der Waals surface area (Å²) in [5.74, 6) is -0.897. The number of carbonyl (C=O) groups is 1. The quantitative estimate of drug-likeness (QED) is 0.828. The summed E-state index contributed by atoms with van der Waals surface area (Å²) in [6.07, 6.45) is 1.82. The second-order valence-electron chi connectivity index (χ2n) is 5.71. The Labute approximate surface area is 147 Å². The van der Waals surface area contributed by atoms with E-state index in [0.717, 1.165) is 24.1 Å². The summed E-state index contributed by atoms with van der Waals surface area (Å²) in [7, 11) is -1.52. The Morgan fingerprint density at radius 2 is 2.00 bits per heavy atom. The lowest BCUT2D eigenvalue weighted by Crippen LogP contribution is -2.38. The van der Waals surface area contributed by atoms with Crippen molar-refractivity contribution in [3.8, 4) is 0 Å². The highest BCUT2D eigenvalue weighted by Gasteiger charge is 2.24. The fourth-order valence-corrected chi connectivity index (χ4v) is 4.35. The fraction of sp³-hybridized carbons (Fsp3) is 0.278. The molecule has 126 valence electrons. The largest absolute Gasteiger partial charge is 0.311 e. The van der Waals surface area contributed by atoms with E-state index < -0.39 is 16.6 Å². The van der Waals surface area contributed by atoms with Gasteiger partial charge in [0.2, 0.25) is 5.91 Å². The smallest absolute Gasteiger partial charge is 0.239 e. The van der Waals surface area contributed by atoms with Crippen LogP contribution in [0, 0.1) is 5.82 Å². The number of rotatable bonds is 4. The zero-order valence-electron chi connectivity index (χ0n) is 13.0. The van der Waals surface area contributed by atoms with Gasteiger partial charge in [0, 0.05) is 33.6 Å². The summed E-state index contributed by atoms with van der Waals surface area (Å²) >= 11 is 5.96. The number of halogens is 2. The first-order valence-corrected chi connectivity index (χ1v) is 9.59. The third kappa shape index (κ3) is 3.68. The van der Waals surface area contributed by atoms with Crippen molar-refractivity contribution in [1.82, 2.24) is 0 Å². The first-order chi connectivity index (χ1) is 11.6. The molecule has 0 saturated heterocycles. The van der Waals surface area contributed by atoms with Crippen LogP contribution in [0.4, 0.5) is 10.1 Å². The van der Waals surface area contributed by atoms with E-state index in [1.54, 1.807) is 11.0 Å². The molecule has 0 bridgehead atoms. The average molecular weight is 366 g/mol. The van der Waals surface area contributed by atoms with E-state index in [4.69, 9.17) is 11.6 Å². The zero-order valence-corrected chi connectivity index (χ0v) is 14.6. The van der Waals surface area contributed by atoms with E-state index in [0.29, 0.717) is 6.54 Å². The second kappa shape index (κ2) is 7.45. The van der Waals surface area contributed by atoms with Crippen LogP contribution in [0.25, 0.3) is 0 Å². The molecule has 24 heavy (non-hydrogen) atoms. The summed E-state index contributed by atoms with van der Waals surface area (Å²) in [4.78, 5) is 14.2. The predicted molar refractivity (Wildman–Crippen MR) is 95.2 cm³/mol. The molecule has 0 aliphatic carbocycles. The molecule has 3 rings (SSSR count). The topological polar surface area (TPSA) is 37.4 Å². The van der Waals surface area contributed by atoms with Gasteiger partial charge in [-0.1, -0.05) is 35.9 Å². The van der Waals surface area contributed by atoms with Gasteiger partial charge in [0.25, 0.3) is 0 Å². The van der Waals surface area contributed by atoms with Crippen LogP contribution in [0.3, 0.4) is 0 Å². The van der Waals surface area contributed by atoms with Gasteiger partial charge in [0.1, 0.15) is 11.6 Å². The number of hydrogen-bond acceptors (Lipinski definition) is 2. The standard InChI is InChI=1S/C18H17ClFNO2S/c19-15-7-3-8-16(20)14(15)11-24(23)12-18(22)21-10-4-6-13-5-1-2-9-17(13)21/h1-3,5,7-9H,4,6,10-12H2. The molecule has 2 aromatic rings. The van der Waals surface area contributed by atoms with Gasteiger partial charge in [-0.3, -0.25) is 9.00 Å². The summed E-state index contributed by atoms with van der Waals surface area (Å²) in [6, 6.07) is 12.1. The van der Waals surface area contributed by atoms with Gasteiger partial charge in [0.05, 0.1) is 5.75 Å². The molecule has 6 heteroatoms. The Balaban J connectivity index is 1.71. The Morgan fingerprint density at radius 1 is 1.21 bits per heavy atom. The summed E-state index contributed by atoms with van der Waals surface area (Å²) in [5, 5.41) is 0.235. The predicted octanol–water partition coefficient (Wildman–Crippen LogP) is 3.71. The fourth-order valence-electron chi connectivity index (χ4n) is 2.89. The number of hydrogen-bond donors (Lipinski definition) is 0. The minimum Gasteiger partial charge on any atom is -0.311 e. The molecule has 1 aliphatic rings. The molecule has 1 amide bonds. The van der Waals surface area contributed by atoms with Crippen molar-refractivity contribution >= 4 is 34.0 Å². The van der Waals surface area contributed by atoms with E-state index >= 15 is 0 Å². The SMILES string of the molecule is O=C(CS(=O)Cc1c(F)cccc1Cl)N1CCCc2ccccc21. The maximum Gasteiger partial charge on any atom is 0.239 e. The van der Waals surface area contributed by atoms with Crippen LogP contribution in [-0.2, 0) is 27.8 Å². The highest BCUT2D eigenvalue weighted by Crippen LogP contribution is 2.27. The Hall–Kier alpha value is -1.72. The zero-order chi connectivity index (χ0) is 17.1. The monoisotopic (exact) mass is 365 g/mol. The molecule has 1 unspecified atom stereocenters. The third-order valence-corrected chi connectivity index (χ3v) is 5.60. The summed E-state index contributed by atoms with van der Waals surface area (Å²) in [5.41, 5.74) is 2.21. The minimum atomic E-state index is -1.52. The molecule has 1 atom stereocenters. The number of anilines is 1. The van der Waals surface area contributed by atoms with Crippen LogP contribution < -0.4 is 4.90 Å². The molecule has 0 aromatic heterocycles. The highest BCUT2D eigenvalue weighted by molar-refractivity contribution is 7.85. The average Bonchev–Trinajstić information content (AvgIpc) is 2.57. The molecular weight excluding hydrogens is 349 g/mol. The van der Waals surface area contributed by atoms with Crippen molar-refractivity contribution < 1.29 is 13.4 Å². The molecule has 0 fully saturated rings. The molecule has 0 radical (unpaired) electrons. The summed E-state index contributed by atoms with van der Waals surface area (Å²) in [6.45, 7) is 0.619. The van der Waals surface area contributed by atoms with Crippen molar-refractivity contribution in [3.05, 3.63) is 64.4 Å². The van der Waals surface area contributed by atoms with Crippen LogP contribution in [0.1, 0.15) is 17.5 Å². The molecule has 3 nitrogen and oxygen atoms in total. The van der Waals surface area contributed by atoms with Crippen LogP contribution in [0.15, 0.2) is 42.5 Å². The van der Waals surface area contributed by atoms with Crippen LogP contribution >= 0.6 is 11.6 Å². The van der Waals surface area contributed by atoms with Crippen molar-refractivity contribution in [2.24, 2.45) is 0 Å². The van der Waals surface area contributed by atoms with Crippen LogP contribution in [-0.4, -0.2) is 22.4 Å². The second-order valence-corrected chi connectivity index (χ2v) is 7.57. The molecular formula is C18H17ClFNO2S. The van der Waals surface area contributed by atoms with E-state index in [-0.39, 0.29) is 28.0 Å². The Bertz CT molecular complexity index is 776. The molecule has 1 heterocycles. The van der Waals surface area contributed by atoms with Gasteiger partial charge in [-0.05, 0) is 36.6 Å². The van der Waals surface area contributed by atoms with E-state index in [1.165, 1.54) is 12.1 Å². The van der Waals surface area contributed by atoms with E-state index in [9.17, 15) is 13.4 Å². The van der Waals surface area contributed by atoms with Gasteiger partial charge in [0.15, 0.2) is 0 Å². The number of carbonyl (C=O) groups excluding carboxylic acids is 1. The first-order valence-electron chi connectivity index (χ1n) is 7.72. The van der Waals surface area contributed by atoms with Gasteiger partial charge >= 0.3 is 0 Å². The molecule has 0 saturated carbocycles. The maximum atomic E-state index is 13.8. The van der Waals surface area contributed by atoms with E-state index in [1.807, 2.05) is 24.3 Å². The van der Waals surface area contributed by atoms with Gasteiger partial charge in [-0.2, -0.15) is 0 Å². The molecule has 0 spiro atoms. The third-order valence-electron chi connectivity index (χ3n) is 4.06. The molecule has 2 aromatic carbocycles. The van der Waals surface area contributed by atoms with Gasteiger partial charge in [-0.25, -0.2) is 4.39 Å². The number of benzene rings is 2. The lowest BCUT2D eigenvalue weighted by molar-refractivity contribution is -0.116. The van der Waals surface area contributed by atoms with Crippen molar-refractivity contribution in [2.75, 3.05) is 17.2 Å². The summed E-state index contributed by atoms with van der Waals surface area (Å²) < 4.78 is 26.1. The first kappa shape index (κ1) is 17.1. The minimum absolute atomic E-state index is 0.0628. The number of fused-ring (bicyclic) bond motifs is 1. The van der Waals surface area contributed by atoms with Crippen LogP contribution in [0.2, 0.25) is 5.02 Å². The Kier molecular flexibility index (Phi) is 5.31. The lowest BCUT2D eigenvalue weighted by atomic mass is 10.0.